The zero-order valence-electron chi connectivity index (χ0n) is 9.66. The zero-order chi connectivity index (χ0) is 11.5. The van der Waals surface area contributed by atoms with Crippen LogP contribution in [-0.4, -0.2) is 11.0 Å². The number of aromatic nitrogens is 1. The van der Waals surface area contributed by atoms with Crippen LogP contribution in [0.5, 0.6) is 0 Å². The molecule has 3 nitrogen and oxygen atoms in total. The first-order valence-electron chi connectivity index (χ1n) is 5.64. The average Bonchev–Trinajstić information content (AvgIpc) is 2.77. The fourth-order valence-electron chi connectivity index (χ4n) is 1.79. The lowest BCUT2D eigenvalue weighted by Gasteiger charge is -2.17. The molecule has 0 aliphatic rings. The number of nitrogens with zero attached hydrogens (tertiary/aromatic N) is 1. The van der Waals surface area contributed by atoms with Gasteiger partial charge >= 0.3 is 0 Å². The first kappa shape index (κ1) is 11.2. The number of anilines is 2. The van der Waals surface area contributed by atoms with Crippen molar-refractivity contribution < 1.29 is 0 Å². The molecule has 16 heavy (non-hydrogen) atoms. The summed E-state index contributed by atoms with van der Waals surface area (Å²) >= 11 is 1.62. The molecule has 0 aliphatic carbocycles. The summed E-state index contributed by atoms with van der Waals surface area (Å²) < 4.78 is 1.15. The maximum absolute atomic E-state index is 6.10. The van der Waals surface area contributed by atoms with Gasteiger partial charge in [-0.1, -0.05) is 13.8 Å². The first-order chi connectivity index (χ1) is 7.76. The molecule has 0 bridgehead atoms. The minimum Gasteiger partial charge on any atom is -0.395 e. The maximum Gasteiger partial charge on any atom is 0.106 e. The van der Waals surface area contributed by atoms with Crippen molar-refractivity contribution in [3.8, 4) is 0 Å². The molecule has 0 fully saturated rings. The molecule has 0 radical (unpaired) electrons. The van der Waals surface area contributed by atoms with E-state index in [1.54, 1.807) is 11.3 Å². The number of nitrogens with one attached hydrogen (secondary N) is 1. The van der Waals surface area contributed by atoms with Gasteiger partial charge in [-0.15, -0.1) is 11.3 Å². The van der Waals surface area contributed by atoms with Crippen molar-refractivity contribution in [1.82, 2.24) is 4.98 Å². The highest BCUT2D eigenvalue weighted by Crippen LogP contribution is 2.30. The molecule has 2 rings (SSSR count). The van der Waals surface area contributed by atoms with Gasteiger partial charge < -0.3 is 11.1 Å². The Kier molecular flexibility index (Phi) is 3.29. The summed E-state index contributed by atoms with van der Waals surface area (Å²) in [5.41, 5.74) is 10.6. The van der Waals surface area contributed by atoms with Crippen molar-refractivity contribution in [1.29, 1.82) is 0 Å². The highest BCUT2D eigenvalue weighted by atomic mass is 32.1. The molecule has 0 spiro atoms. The summed E-state index contributed by atoms with van der Waals surface area (Å²) in [5, 5.41) is 3.47. The Morgan fingerprint density at radius 3 is 2.81 bits per heavy atom. The predicted molar refractivity (Wildman–Crippen MR) is 72.0 cm³/mol. The molecule has 0 atom stereocenters. The van der Waals surface area contributed by atoms with Gasteiger partial charge in [-0.05, 0) is 25.0 Å². The molecule has 2 aromatic rings. The average molecular weight is 235 g/mol. The summed E-state index contributed by atoms with van der Waals surface area (Å²) in [7, 11) is 0. The van der Waals surface area contributed by atoms with Gasteiger partial charge in [-0.25, -0.2) is 4.98 Å². The molecule has 1 aromatic heterocycles. The molecule has 4 heteroatoms. The molecule has 3 N–H and O–H groups in total. The fourth-order valence-corrected chi connectivity index (χ4v) is 2.48. The highest BCUT2D eigenvalue weighted by Gasteiger charge is 2.09. The minimum absolute atomic E-state index is 0.485. The van der Waals surface area contributed by atoms with Gasteiger partial charge in [-0.2, -0.15) is 0 Å². The molecule has 1 aromatic carbocycles. The third-order valence-electron chi connectivity index (χ3n) is 2.89. The number of fused-ring (bicyclic) bond motifs is 1. The standard InChI is InChI=1S/C12H17N3S/c1-3-8(4-2)15-9-5-6-10-12(11(9)13)14-7-16-10/h5-8,15H,3-4,13H2,1-2H3. The van der Waals surface area contributed by atoms with E-state index in [1.165, 1.54) is 0 Å². The van der Waals surface area contributed by atoms with Crippen LogP contribution < -0.4 is 11.1 Å². The van der Waals surface area contributed by atoms with E-state index in [9.17, 15) is 0 Å². The number of hydrogen-bond acceptors (Lipinski definition) is 4. The Bertz CT molecular complexity index is 474. The van der Waals surface area contributed by atoms with E-state index in [2.05, 4.69) is 30.2 Å². The van der Waals surface area contributed by atoms with E-state index in [-0.39, 0.29) is 0 Å². The number of benzene rings is 1. The van der Waals surface area contributed by atoms with Gasteiger partial charge in [0, 0.05) is 6.04 Å². The van der Waals surface area contributed by atoms with E-state index in [0.29, 0.717) is 6.04 Å². The normalized spacial score (nSPS) is 11.2. The van der Waals surface area contributed by atoms with Crippen molar-refractivity contribution in [3.05, 3.63) is 17.6 Å². The second-order valence-corrected chi connectivity index (χ2v) is 4.77. The summed E-state index contributed by atoms with van der Waals surface area (Å²) in [4.78, 5) is 4.29. The van der Waals surface area contributed by atoms with E-state index in [4.69, 9.17) is 5.73 Å². The Balaban J connectivity index is 2.33. The van der Waals surface area contributed by atoms with Gasteiger partial charge in [0.1, 0.15) is 5.52 Å². The third-order valence-corrected chi connectivity index (χ3v) is 3.68. The van der Waals surface area contributed by atoms with Crippen LogP contribution in [0.4, 0.5) is 11.4 Å². The Morgan fingerprint density at radius 2 is 2.12 bits per heavy atom. The van der Waals surface area contributed by atoms with E-state index in [0.717, 1.165) is 34.4 Å². The van der Waals surface area contributed by atoms with Crippen LogP contribution in [0, 0.1) is 0 Å². The number of hydrogen-bond donors (Lipinski definition) is 2. The molecule has 0 saturated carbocycles. The Morgan fingerprint density at radius 1 is 1.38 bits per heavy atom. The summed E-state index contributed by atoms with van der Waals surface area (Å²) in [5.74, 6) is 0. The lowest BCUT2D eigenvalue weighted by atomic mass is 10.1. The molecule has 86 valence electrons. The van der Waals surface area contributed by atoms with Crippen LogP contribution >= 0.6 is 11.3 Å². The van der Waals surface area contributed by atoms with Gasteiger partial charge in [0.2, 0.25) is 0 Å². The maximum atomic E-state index is 6.10. The van der Waals surface area contributed by atoms with Crippen molar-refractivity contribution in [2.75, 3.05) is 11.1 Å². The number of nitrogens with two attached hydrogens (primary N) is 1. The minimum atomic E-state index is 0.485. The van der Waals surface area contributed by atoms with Crippen LogP contribution in [0.3, 0.4) is 0 Å². The molecule has 0 aliphatic heterocycles. The highest BCUT2D eigenvalue weighted by molar-refractivity contribution is 7.16. The van der Waals surface area contributed by atoms with Crippen molar-refractivity contribution in [2.45, 2.75) is 32.7 Å². The molecule has 0 saturated heterocycles. The van der Waals surface area contributed by atoms with Crippen molar-refractivity contribution in [3.63, 3.8) is 0 Å². The van der Waals surface area contributed by atoms with Gasteiger partial charge in [0.15, 0.2) is 0 Å². The molecule has 0 amide bonds. The van der Waals surface area contributed by atoms with Crippen LogP contribution in [-0.2, 0) is 0 Å². The summed E-state index contributed by atoms with van der Waals surface area (Å²) in [6.45, 7) is 4.36. The van der Waals surface area contributed by atoms with Crippen LogP contribution in [0.15, 0.2) is 17.6 Å². The quantitative estimate of drug-likeness (QED) is 0.798. The largest absolute Gasteiger partial charge is 0.395 e. The summed E-state index contributed by atoms with van der Waals surface area (Å²) in [6, 6.07) is 4.61. The van der Waals surface area contributed by atoms with Crippen LogP contribution in [0.1, 0.15) is 26.7 Å². The number of thiazole rings is 1. The van der Waals surface area contributed by atoms with Crippen LogP contribution in [0.25, 0.3) is 10.2 Å². The van der Waals surface area contributed by atoms with Gasteiger partial charge in [0.25, 0.3) is 0 Å². The molecule has 1 heterocycles. The number of nitrogen functional groups attached to an aromatic ring is 1. The molecular weight excluding hydrogens is 218 g/mol. The lowest BCUT2D eigenvalue weighted by molar-refractivity contribution is 0.672. The van der Waals surface area contributed by atoms with Gasteiger partial charge in [0.05, 0.1) is 21.6 Å². The van der Waals surface area contributed by atoms with Gasteiger partial charge in [-0.3, -0.25) is 0 Å². The molecular formula is C12H17N3S. The topological polar surface area (TPSA) is 50.9 Å². The zero-order valence-corrected chi connectivity index (χ0v) is 10.5. The lowest BCUT2D eigenvalue weighted by Crippen LogP contribution is -2.17. The monoisotopic (exact) mass is 235 g/mol. The second-order valence-electron chi connectivity index (χ2n) is 3.88. The van der Waals surface area contributed by atoms with E-state index < -0.39 is 0 Å². The summed E-state index contributed by atoms with van der Waals surface area (Å²) in [6.07, 6.45) is 2.20. The SMILES string of the molecule is CCC(CC)Nc1ccc2scnc2c1N. The Labute approximate surface area is 99.7 Å². The van der Waals surface area contributed by atoms with E-state index >= 15 is 0 Å². The number of rotatable bonds is 4. The second kappa shape index (κ2) is 4.70. The molecule has 0 unspecified atom stereocenters. The first-order valence-corrected chi connectivity index (χ1v) is 6.52. The predicted octanol–water partition coefficient (Wildman–Crippen LogP) is 3.48. The van der Waals surface area contributed by atoms with Crippen molar-refractivity contribution >= 4 is 32.9 Å². The van der Waals surface area contributed by atoms with Crippen molar-refractivity contribution in [2.24, 2.45) is 0 Å². The fraction of sp³-hybridized carbons (Fsp3) is 0.417. The van der Waals surface area contributed by atoms with E-state index in [1.807, 2.05) is 11.6 Å². The Hall–Kier alpha value is -1.29. The smallest absolute Gasteiger partial charge is 0.106 e. The third kappa shape index (κ3) is 1.97. The van der Waals surface area contributed by atoms with Crippen LogP contribution in [0.2, 0.25) is 0 Å².